The lowest BCUT2D eigenvalue weighted by Gasteiger charge is -2.19. The number of nitrogens with one attached hydrogen (secondary N) is 1. The maximum Gasteiger partial charge on any atom is 0.0438 e. The number of hydrogen-bond acceptors (Lipinski definition) is 2. The number of thioether (sulfide) groups is 1. The van der Waals surface area contributed by atoms with Crippen LogP contribution in [0.3, 0.4) is 0 Å². The largest absolute Gasteiger partial charge is 0.310 e. The average Bonchev–Trinajstić information content (AvgIpc) is 2.50. The zero-order valence-corrected chi connectivity index (χ0v) is 14.2. The summed E-state index contributed by atoms with van der Waals surface area (Å²) in [5.41, 5.74) is 2.51. The van der Waals surface area contributed by atoms with Gasteiger partial charge >= 0.3 is 0 Å². The fourth-order valence-electron chi connectivity index (χ4n) is 2.40. The summed E-state index contributed by atoms with van der Waals surface area (Å²) in [6, 6.07) is 17.3. The maximum atomic E-state index is 6.29. The van der Waals surface area contributed by atoms with Crippen molar-refractivity contribution in [2.75, 3.05) is 12.3 Å². The lowest BCUT2D eigenvalue weighted by molar-refractivity contribution is 0.549. The van der Waals surface area contributed by atoms with E-state index in [2.05, 4.69) is 49.5 Å². The highest BCUT2D eigenvalue weighted by molar-refractivity contribution is 7.99. The molecular weight excluding hydrogens is 298 g/mol. The number of benzene rings is 2. The van der Waals surface area contributed by atoms with Crippen LogP contribution in [0.4, 0.5) is 0 Å². The molecule has 21 heavy (non-hydrogen) atoms. The molecule has 1 N–H and O–H groups in total. The van der Waals surface area contributed by atoms with Crippen LogP contribution in [-0.4, -0.2) is 12.3 Å². The van der Waals surface area contributed by atoms with Crippen molar-refractivity contribution in [2.24, 2.45) is 0 Å². The van der Waals surface area contributed by atoms with E-state index in [0.717, 1.165) is 23.7 Å². The summed E-state index contributed by atoms with van der Waals surface area (Å²) < 4.78 is 0. The van der Waals surface area contributed by atoms with Gasteiger partial charge in [0.2, 0.25) is 0 Å². The molecule has 1 atom stereocenters. The first-order valence-corrected chi connectivity index (χ1v) is 8.80. The minimum absolute atomic E-state index is 0.301. The van der Waals surface area contributed by atoms with Gasteiger partial charge in [0, 0.05) is 16.0 Å². The molecule has 1 nitrogen and oxygen atoms in total. The first kappa shape index (κ1) is 16.4. The Morgan fingerprint density at radius 2 is 1.76 bits per heavy atom. The summed E-state index contributed by atoms with van der Waals surface area (Å²) in [7, 11) is 0. The Morgan fingerprint density at radius 1 is 1.05 bits per heavy atom. The van der Waals surface area contributed by atoms with E-state index in [0.29, 0.717) is 6.04 Å². The Labute approximate surface area is 137 Å². The Balaban J connectivity index is 2.16. The van der Waals surface area contributed by atoms with E-state index < -0.39 is 0 Å². The number of rotatable bonds is 7. The molecule has 0 saturated carbocycles. The smallest absolute Gasteiger partial charge is 0.0438 e. The summed E-state index contributed by atoms with van der Waals surface area (Å²) in [5, 5.41) is 4.41. The van der Waals surface area contributed by atoms with E-state index in [4.69, 9.17) is 11.6 Å². The Bertz CT molecular complexity index is 553. The Kier molecular flexibility index (Phi) is 6.62. The first-order chi connectivity index (χ1) is 10.2. The van der Waals surface area contributed by atoms with Gasteiger partial charge in [-0.2, -0.15) is 0 Å². The van der Waals surface area contributed by atoms with Gasteiger partial charge in [-0.25, -0.2) is 0 Å². The molecule has 0 amide bonds. The zero-order chi connectivity index (χ0) is 15.1. The number of halogens is 1. The standard InChI is InChI=1S/C18H22ClNS/c1-3-20-18(13-15-7-5-6-8-17(15)19)14-9-11-16(12-10-14)21-4-2/h5-12,18,20H,3-4,13H2,1-2H3. The van der Waals surface area contributed by atoms with Gasteiger partial charge in [0.15, 0.2) is 0 Å². The van der Waals surface area contributed by atoms with Gasteiger partial charge in [-0.1, -0.05) is 55.8 Å². The lowest BCUT2D eigenvalue weighted by atomic mass is 9.99. The van der Waals surface area contributed by atoms with Crippen LogP contribution in [0, 0.1) is 0 Å². The summed E-state index contributed by atoms with van der Waals surface area (Å²) in [6.45, 7) is 5.26. The molecule has 0 saturated heterocycles. The van der Waals surface area contributed by atoms with Crippen molar-refractivity contribution in [3.63, 3.8) is 0 Å². The van der Waals surface area contributed by atoms with Crippen LogP contribution < -0.4 is 5.32 Å². The predicted molar refractivity (Wildman–Crippen MR) is 94.4 cm³/mol. The van der Waals surface area contributed by atoms with Crippen molar-refractivity contribution in [1.29, 1.82) is 0 Å². The van der Waals surface area contributed by atoms with Crippen LogP contribution in [0.2, 0.25) is 5.02 Å². The molecule has 2 aromatic carbocycles. The topological polar surface area (TPSA) is 12.0 Å². The Hall–Kier alpha value is -0.960. The molecule has 0 fully saturated rings. The minimum atomic E-state index is 0.301. The van der Waals surface area contributed by atoms with Crippen LogP contribution in [-0.2, 0) is 6.42 Å². The van der Waals surface area contributed by atoms with Crippen molar-refractivity contribution in [3.05, 3.63) is 64.7 Å². The van der Waals surface area contributed by atoms with E-state index >= 15 is 0 Å². The molecule has 0 radical (unpaired) electrons. The molecule has 2 rings (SSSR count). The molecule has 0 aliphatic carbocycles. The van der Waals surface area contributed by atoms with E-state index in [-0.39, 0.29) is 0 Å². The number of likely N-dealkylation sites (N-methyl/N-ethyl adjacent to an activating group) is 1. The molecule has 0 aliphatic heterocycles. The third kappa shape index (κ3) is 4.77. The SMILES string of the molecule is CCNC(Cc1ccccc1Cl)c1ccc(SCC)cc1. The van der Waals surface area contributed by atoms with Crippen molar-refractivity contribution in [2.45, 2.75) is 31.2 Å². The van der Waals surface area contributed by atoms with Crippen molar-refractivity contribution >= 4 is 23.4 Å². The molecule has 1 unspecified atom stereocenters. The summed E-state index contributed by atoms with van der Waals surface area (Å²) in [4.78, 5) is 1.33. The second-order valence-corrected chi connectivity index (χ2v) is 6.65. The molecule has 112 valence electrons. The van der Waals surface area contributed by atoms with Crippen LogP contribution in [0.5, 0.6) is 0 Å². The predicted octanol–water partition coefficient (Wildman–Crippen LogP) is 5.35. The van der Waals surface area contributed by atoms with Gasteiger partial charge in [0.1, 0.15) is 0 Å². The van der Waals surface area contributed by atoms with Crippen molar-refractivity contribution in [1.82, 2.24) is 5.32 Å². The molecule has 0 heterocycles. The maximum absolute atomic E-state index is 6.29. The zero-order valence-electron chi connectivity index (χ0n) is 12.6. The second kappa shape index (κ2) is 8.47. The molecule has 0 spiro atoms. The Morgan fingerprint density at radius 3 is 2.38 bits per heavy atom. The molecule has 0 aliphatic rings. The monoisotopic (exact) mass is 319 g/mol. The molecular formula is C18H22ClNS. The van der Waals surface area contributed by atoms with Gasteiger partial charge in [0.25, 0.3) is 0 Å². The van der Waals surface area contributed by atoms with Gasteiger partial charge in [-0.3, -0.25) is 0 Å². The molecule has 2 aromatic rings. The van der Waals surface area contributed by atoms with Gasteiger partial charge in [-0.15, -0.1) is 11.8 Å². The van der Waals surface area contributed by atoms with E-state index in [1.165, 1.54) is 16.0 Å². The van der Waals surface area contributed by atoms with Crippen molar-refractivity contribution < 1.29 is 0 Å². The third-order valence-corrected chi connectivity index (χ3v) is 4.69. The van der Waals surface area contributed by atoms with E-state index in [1.54, 1.807) is 0 Å². The fraction of sp³-hybridized carbons (Fsp3) is 0.333. The highest BCUT2D eigenvalue weighted by Crippen LogP contribution is 2.25. The molecule has 3 heteroatoms. The van der Waals surface area contributed by atoms with Crippen LogP contribution in [0.15, 0.2) is 53.4 Å². The second-order valence-electron chi connectivity index (χ2n) is 4.91. The lowest BCUT2D eigenvalue weighted by Crippen LogP contribution is -2.23. The third-order valence-electron chi connectivity index (χ3n) is 3.43. The fourth-order valence-corrected chi connectivity index (χ4v) is 3.28. The molecule has 0 aromatic heterocycles. The number of hydrogen-bond donors (Lipinski definition) is 1. The van der Waals surface area contributed by atoms with Crippen LogP contribution in [0.25, 0.3) is 0 Å². The van der Waals surface area contributed by atoms with Crippen LogP contribution >= 0.6 is 23.4 Å². The normalized spacial score (nSPS) is 12.3. The minimum Gasteiger partial charge on any atom is -0.310 e. The van der Waals surface area contributed by atoms with Gasteiger partial charge < -0.3 is 5.32 Å². The van der Waals surface area contributed by atoms with Crippen molar-refractivity contribution in [3.8, 4) is 0 Å². The highest BCUT2D eigenvalue weighted by atomic mass is 35.5. The average molecular weight is 320 g/mol. The highest BCUT2D eigenvalue weighted by Gasteiger charge is 2.12. The van der Waals surface area contributed by atoms with E-state index in [1.807, 2.05) is 30.0 Å². The quantitative estimate of drug-likeness (QED) is 0.691. The summed E-state index contributed by atoms with van der Waals surface area (Å²) in [6.07, 6.45) is 0.910. The molecule has 0 bridgehead atoms. The summed E-state index contributed by atoms with van der Waals surface area (Å²) in [5.74, 6) is 1.11. The van der Waals surface area contributed by atoms with E-state index in [9.17, 15) is 0 Å². The van der Waals surface area contributed by atoms with Crippen LogP contribution in [0.1, 0.15) is 31.0 Å². The summed E-state index contributed by atoms with van der Waals surface area (Å²) >= 11 is 8.17. The first-order valence-electron chi connectivity index (χ1n) is 7.44. The van der Waals surface area contributed by atoms with Gasteiger partial charge in [-0.05, 0) is 48.0 Å². The van der Waals surface area contributed by atoms with Gasteiger partial charge in [0.05, 0.1) is 0 Å².